The van der Waals surface area contributed by atoms with E-state index < -0.39 is 36.6 Å². The summed E-state index contributed by atoms with van der Waals surface area (Å²) in [4.78, 5) is 37.1. The molecule has 0 bridgehead atoms. The van der Waals surface area contributed by atoms with Crippen molar-refractivity contribution in [2.24, 2.45) is 0 Å². The topological polar surface area (TPSA) is 128 Å². The lowest BCUT2D eigenvalue weighted by Gasteiger charge is -2.26. The standard InChI is InChI=1S/C33H50FN5O5/c1-4-7-9-11-12-13-14-15-16-17-19-21-28(42)43-25-22-27(44-33(25,6-3)23-40)39-24-35-29-30(37-32(34)38-31(29)39)36-26(41)20-18-10-8-5-2/h3,24-25,27,40H,4-5,7-23H2,1-2H3,(H,36,37,38,41)/t25-,27+,33+/m0/s1. The van der Waals surface area contributed by atoms with Gasteiger partial charge in [-0.15, -0.1) is 6.42 Å². The average molecular weight is 616 g/mol. The Morgan fingerprint density at radius 2 is 1.61 bits per heavy atom. The van der Waals surface area contributed by atoms with E-state index in [0.717, 1.165) is 38.5 Å². The van der Waals surface area contributed by atoms with Crippen LogP contribution in [0.5, 0.6) is 0 Å². The zero-order chi connectivity index (χ0) is 31.8. The van der Waals surface area contributed by atoms with Crippen molar-refractivity contribution in [1.82, 2.24) is 19.5 Å². The lowest BCUT2D eigenvalue weighted by atomic mass is 9.98. The van der Waals surface area contributed by atoms with Gasteiger partial charge in [0.25, 0.3) is 0 Å². The highest BCUT2D eigenvalue weighted by Gasteiger charge is 2.51. The van der Waals surface area contributed by atoms with Crippen LogP contribution in [0.3, 0.4) is 0 Å². The van der Waals surface area contributed by atoms with Gasteiger partial charge < -0.3 is 19.9 Å². The Morgan fingerprint density at radius 3 is 2.23 bits per heavy atom. The molecule has 11 heteroatoms. The molecule has 1 aliphatic rings. The Kier molecular flexibility index (Phi) is 15.0. The molecule has 0 aromatic carbocycles. The maximum Gasteiger partial charge on any atom is 0.312 e. The third-order valence-electron chi connectivity index (χ3n) is 8.24. The van der Waals surface area contributed by atoms with E-state index in [-0.39, 0.29) is 42.2 Å². The average Bonchev–Trinajstić information content (AvgIpc) is 3.59. The Labute approximate surface area is 260 Å². The predicted octanol–water partition coefficient (Wildman–Crippen LogP) is 6.77. The number of aliphatic hydroxyl groups is 1. The molecule has 3 heterocycles. The van der Waals surface area contributed by atoms with Crippen molar-refractivity contribution in [2.75, 3.05) is 11.9 Å². The molecule has 10 nitrogen and oxygen atoms in total. The van der Waals surface area contributed by atoms with Crippen molar-refractivity contribution in [3.63, 3.8) is 0 Å². The summed E-state index contributed by atoms with van der Waals surface area (Å²) in [5.41, 5.74) is -1.31. The van der Waals surface area contributed by atoms with E-state index in [0.29, 0.717) is 6.42 Å². The van der Waals surface area contributed by atoms with Crippen LogP contribution < -0.4 is 5.32 Å². The molecule has 1 aliphatic heterocycles. The van der Waals surface area contributed by atoms with Gasteiger partial charge in [0.05, 0.1) is 12.9 Å². The number of nitrogens with zero attached hydrogens (tertiary/aromatic N) is 4. The highest BCUT2D eigenvalue weighted by atomic mass is 19.1. The van der Waals surface area contributed by atoms with Gasteiger partial charge in [-0.1, -0.05) is 103 Å². The number of anilines is 1. The van der Waals surface area contributed by atoms with Crippen molar-refractivity contribution in [2.45, 2.75) is 147 Å². The van der Waals surface area contributed by atoms with Crippen LogP contribution in [0.2, 0.25) is 0 Å². The van der Waals surface area contributed by atoms with Crippen LogP contribution in [-0.2, 0) is 19.1 Å². The SMILES string of the molecule is C#C[C@]1(CO)O[C@@H](n2cnc3c(NC(=O)CCCCCC)nc(F)nc32)C[C@@H]1OC(=O)CCCCCCCCCCCCC. The Hall–Kier alpha value is -3.10. The van der Waals surface area contributed by atoms with Crippen molar-refractivity contribution in [3.05, 3.63) is 12.4 Å². The quantitative estimate of drug-likeness (QED) is 0.0681. The van der Waals surface area contributed by atoms with Crippen molar-refractivity contribution in [3.8, 4) is 12.3 Å². The molecule has 244 valence electrons. The molecule has 0 aliphatic carbocycles. The number of aromatic nitrogens is 4. The van der Waals surface area contributed by atoms with Gasteiger partial charge in [0, 0.05) is 19.3 Å². The predicted molar refractivity (Wildman–Crippen MR) is 167 cm³/mol. The number of halogens is 1. The first-order valence-corrected chi connectivity index (χ1v) is 16.5. The number of rotatable bonds is 21. The number of aliphatic hydroxyl groups excluding tert-OH is 1. The molecule has 44 heavy (non-hydrogen) atoms. The van der Waals surface area contributed by atoms with Crippen LogP contribution in [0, 0.1) is 18.4 Å². The molecular formula is C33H50FN5O5. The largest absolute Gasteiger partial charge is 0.458 e. The summed E-state index contributed by atoms with van der Waals surface area (Å²) < 4.78 is 27.7. The second-order valence-corrected chi connectivity index (χ2v) is 11.8. The van der Waals surface area contributed by atoms with Crippen molar-refractivity contribution in [1.29, 1.82) is 0 Å². The van der Waals surface area contributed by atoms with Gasteiger partial charge in [-0.3, -0.25) is 14.2 Å². The Balaban J connectivity index is 1.55. The molecule has 0 spiro atoms. The van der Waals surface area contributed by atoms with Crippen LogP contribution in [0.15, 0.2) is 6.33 Å². The van der Waals surface area contributed by atoms with Gasteiger partial charge in [-0.2, -0.15) is 14.4 Å². The summed E-state index contributed by atoms with van der Waals surface area (Å²) in [5, 5.41) is 12.8. The van der Waals surface area contributed by atoms with Crippen LogP contribution in [0.4, 0.5) is 10.2 Å². The minimum atomic E-state index is -1.57. The highest BCUT2D eigenvalue weighted by molar-refractivity contribution is 5.96. The third-order valence-corrected chi connectivity index (χ3v) is 8.24. The minimum absolute atomic E-state index is 0.0370. The van der Waals surface area contributed by atoms with Crippen LogP contribution >= 0.6 is 0 Å². The number of nitrogens with one attached hydrogen (secondary N) is 1. The summed E-state index contributed by atoms with van der Waals surface area (Å²) in [6.07, 6.45) is 21.6. The second-order valence-electron chi connectivity index (χ2n) is 11.8. The number of imidazole rings is 1. The maximum atomic E-state index is 14.5. The number of hydrogen-bond acceptors (Lipinski definition) is 8. The van der Waals surface area contributed by atoms with Gasteiger partial charge in [-0.25, -0.2) is 4.98 Å². The smallest absolute Gasteiger partial charge is 0.312 e. The van der Waals surface area contributed by atoms with E-state index >= 15 is 0 Å². The molecule has 1 amide bonds. The van der Waals surface area contributed by atoms with E-state index in [4.69, 9.17) is 15.9 Å². The van der Waals surface area contributed by atoms with E-state index in [1.165, 1.54) is 62.3 Å². The van der Waals surface area contributed by atoms with Crippen LogP contribution in [0.1, 0.15) is 136 Å². The molecule has 3 atom stereocenters. The summed E-state index contributed by atoms with van der Waals surface area (Å²) in [6, 6.07) is 0. The fourth-order valence-corrected chi connectivity index (χ4v) is 5.61. The molecule has 2 N–H and O–H groups in total. The van der Waals surface area contributed by atoms with Gasteiger partial charge in [0.2, 0.25) is 5.91 Å². The summed E-state index contributed by atoms with van der Waals surface area (Å²) in [6.45, 7) is 3.74. The first-order chi connectivity index (χ1) is 21.4. The Bertz CT molecular complexity index is 1230. The zero-order valence-corrected chi connectivity index (χ0v) is 26.5. The number of amides is 1. The molecule has 2 aromatic heterocycles. The van der Waals surface area contributed by atoms with Gasteiger partial charge >= 0.3 is 12.0 Å². The number of fused-ring (bicyclic) bond motifs is 1. The van der Waals surface area contributed by atoms with E-state index in [9.17, 15) is 19.1 Å². The zero-order valence-electron chi connectivity index (χ0n) is 26.5. The molecule has 2 aromatic rings. The highest BCUT2D eigenvalue weighted by Crippen LogP contribution is 2.40. The fraction of sp³-hybridized carbons (Fsp3) is 0.727. The molecule has 0 radical (unpaired) electrons. The van der Waals surface area contributed by atoms with Gasteiger partial charge in [-0.05, 0) is 12.8 Å². The van der Waals surface area contributed by atoms with E-state index in [2.05, 4.69) is 40.0 Å². The van der Waals surface area contributed by atoms with Gasteiger partial charge in [0.1, 0.15) is 12.3 Å². The number of ether oxygens (including phenoxy) is 2. The number of unbranched alkanes of at least 4 members (excludes halogenated alkanes) is 13. The van der Waals surface area contributed by atoms with Crippen LogP contribution in [-0.4, -0.2) is 54.8 Å². The number of terminal acetylenes is 1. The second kappa shape index (κ2) is 18.6. The third kappa shape index (κ3) is 10.2. The van der Waals surface area contributed by atoms with E-state index in [1.807, 2.05) is 0 Å². The lowest BCUT2D eigenvalue weighted by Crippen LogP contribution is -2.44. The van der Waals surface area contributed by atoms with Crippen molar-refractivity contribution >= 4 is 28.9 Å². The Morgan fingerprint density at radius 1 is 1.02 bits per heavy atom. The number of carbonyl (C=O) groups excluding carboxylic acids is 2. The lowest BCUT2D eigenvalue weighted by molar-refractivity contribution is -0.158. The van der Waals surface area contributed by atoms with E-state index in [1.54, 1.807) is 0 Å². The number of carbonyl (C=O) groups is 2. The maximum absolute atomic E-state index is 14.5. The summed E-state index contributed by atoms with van der Waals surface area (Å²) >= 11 is 0. The summed E-state index contributed by atoms with van der Waals surface area (Å²) in [7, 11) is 0. The minimum Gasteiger partial charge on any atom is -0.458 e. The fourth-order valence-electron chi connectivity index (χ4n) is 5.61. The molecule has 3 rings (SSSR count). The first kappa shape index (κ1) is 35.4. The van der Waals surface area contributed by atoms with Gasteiger partial charge in [0.15, 0.2) is 22.6 Å². The number of hydrogen-bond donors (Lipinski definition) is 2. The molecule has 0 unspecified atom stereocenters. The molecular weight excluding hydrogens is 565 g/mol. The van der Waals surface area contributed by atoms with Crippen LogP contribution in [0.25, 0.3) is 11.2 Å². The monoisotopic (exact) mass is 615 g/mol. The first-order valence-electron chi connectivity index (χ1n) is 16.5. The molecule has 0 saturated carbocycles. The van der Waals surface area contributed by atoms with Crippen molar-refractivity contribution < 1.29 is 28.6 Å². The molecule has 1 saturated heterocycles. The summed E-state index contributed by atoms with van der Waals surface area (Å²) in [5.74, 6) is 1.73. The normalized spacial score (nSPS) is 19.7. The molecule has 1 fully saturated rings. The number of esters is 1.